The number of rotatable bonds is 19. The van der Waals surface area contributed by atoms with Gasteiger partial charge in [-0.3, -0.25) is 0 Å². The first-order valence-electron chi connectivity index (χ1n) is 32.1. The van der Waals surface area contributed by atoms with Crippen molar-refractivity contribution in [2.75, 3.05) is 0 Å². The molecule has 0 saturated carbocycles. The Labute approximate surface area is 495 Å². The molecule has 12 atom stereocenters. The molecule has 6 nitrogen and oxygen atoms in total. The minimum Gasteiger partial charge on any atom is -0.347 e. The van der Waals surface area contributed by atoms with E-state index in [0.29, 0.717) is 0 Å². The monoisotopic (exact) mass is 1110 g/mol. The Morgan fingerprint density at radius 1 is 0.250 bits per heavy atom. The predicted octanol–water partition coefficient (Wildman–Crippen LogP) is 17.4. The highest BCUT2D eigenvalue weighted by Crippen LogP contribution is 2.83. The van der Waals surface area contributed by atoms with Gasteiger partial charge in [0.25, 0.3) is 0 Å². The van der Waals surface area contributed by atoms with Gasteiger partial charge in [0, 0.05) is 0 Å². The fraction of sp³-hybridized carbons (Fsp3) is 0.385. The van der Waals surface area contributed by atoms with Crippen molar-refractivity contribution in [2.24, 2.45) is 0 Å². The second kappa shape index (κ2) is 16.7. The fourth-order valence-corrected chi connectivity index (χ4v) is 19.5. The molecule has 12 unspecified atom stereocenters. The topological polar surface area (TPSA) is 55.4 Å². The molecular weight excluding hydrogens is 1030 g/mol. The number of fused-ring (bicyclic) bond motifs is 35. The second-order valence-electron chi connectivity index (χ2n) is 27.1. The van der Waals surface area contributed by atoms with Crippen molar-refractivity contribution in [2.45, 2.75) is 185 Å². The van der Waals surface area contributed by atoms with Crippen LogP contribution in [0.2, 0.25) is 0 Å². The number of unbranched alkanes of at least 4 members (excludes halogenated alkanes) is 10. The maximum atomic E-state index is 8.88. The third kappa shape index (κ3) is 5.41. The van der Waals surface area contributed by atoms with E-state index in [1.54, 1.807) is 0 Å². The Morgan fingerprint density at radius 3 is 0.845 bits per heavy atom. The first-order valence-corrected chi connectivity index (χ1v) is 32.1. The maximum Gasteiger partial charge on any atom is 0.153 e. The van der Waals surface area contributed by atoms with Gasteiger partial charge in [0.2, 0.25) is 0 Å². The molecule has 12 heterocycles. The third-order valence-corrected chi connectivity index (χ3v) is 22.9. The van der Waals surface area contributed by atoms with Crippen molar-refractivity contribution < 1.29 is 28.4 Å². The van der Waals surface area contributed by atoms with Gasteiger partial charge in [0.15, 0.2) is 56.0 Å². The summed E-state index contributed by atoms with van der Waals surface area (Å²) in [4.78, 5) is 0. The highest BCUT2D eigenvalue weighted by molar-refractivity contribution is 5.74. The maximum absolute atomic E-state index is 8.88. The van der Waals surface area contributed by atoms with Crippen LogP contribution >= 0.6 is 0 Å². The lowest BCUT2D eigenvalue weighted by Crippen LogP contribution is -2.53. The lowest BCUT2D eigenvalue weighted by atomic mass is 9.58. The van der Waals surface area contributed by atoms with Crippen LogP contribution in [0.1, 0.15) is 184 Å². The van der Waals surface area contributed by atoms with Crippen LogP contribution < -0.4 is 0 Å². The van der Waals surface area contributed by atoms with Gasteiger partial charge in [0.1, 0.15) is 11.2 Å². The molecule has 0 aliphatic carbocycles. The highest BCUT2D eigenvalue weighted by atomic mass is 16.7. The van der Waals surface area contributed by atoms with E-state index in [2.05, 4.69) is 234 Å². The Hall–Kier alpha value is -6.48. The van der Waals surface area contributed by atoms with Crippen molar-refractivity contribution in [3.05, 3.63) is 284 Å². The molecule has 18 rings (SSSR count). The number of hydrogen-bond donors (Lipinski definition) is 0. The zero-order valence-corrected chi connectivity index (χ0v) is 49.0. The summed E-state index contributed by atoms with van der Waals surface area (Å²) >= 11 is 0. The third-order valence-electron chi connectivity index (χ3n) is 22.9. The molecule has 6 heteroatoms. The van der Waals surface area contributed by atoms with Gasteiger partial charge < -0.3 is 28.4 Å². The molecule has 0 radical (unpaired) electrons. The number of hydrogen-bond acceptors (Lipinski definition) is 6. The van der Waals surface area contributed by atoms with E-state index in [1.807, 2.05) is 0 Å². The minimum atomic E-state index is -1.12. The lowest BCUT2D eigenvalue weighted by Gasteiger charge is -2.47. The zero-order valence-electron chi connectivity index (χ0n) is 49.0. The molecule has 6 aromatic rings. The summed E-state index contributed by atoms with van der Waals surface area (Å²) < 4.78 is 49.4. The quantitative estimate of drug-likeness (QED) is 0.0595. The standard InChI is InChI=1S/C78H74O6/c1-5-7-9-11-13-15-29-53-51-75(73-49-47-71(81-73,59-35-21-23-37-61(59)73)69-45-43-67(3,79-69)55-31-17-19-33-57(55)69)63-39-25-27-41-65(63)77(53,83-75)78-54(30-16-14-12-10-8-6-2)52-76(84-78,64-40-26-28-42-66(64)78)74-50-48-72(82-74,60-36-22-24-38-62(60)74)70-46-44-68(4,80-70)56-32-18-20-34-58(56)70/h17-28,31-52H,5-16,29-30H2,1-4H3. The van der Waals surface area contributed by atoms with Crippen LogP contribution in [0, 0.1) is 0 Å². The molecule has 84 heavy (non-hydrogen) atoms. The molecule has 12 aliphatic rings. The zero-order chi connectivity index (χ0) is 56.3. The van der Waals surface area contributed by atoms with E-state index in [1.165, 1.54) is 73.6 Å². The summed E-state index contributed by atoms with van der Waals surface area (Å²) in [6, 6.07) is 53.8. The first-order chi connectivity index (χ1) is 41.0. The molecule has 12 aliphatic heterocycles. The van der Waals surface area contributed by atoms with Gasteiger partial charge in [-0.2, -0.15) is 0 Å². The summed E-state index contributed by atoms with van der Waals surface area (Å²) in [5.74, 6) is 0. The van der Waals surface area contributed by atoms with Crippen molar-refractivity contribution >= 4 is 0 Å². The molecular formula is C78H74O6. The average Bonchev–Trinajstić information content (AvgIpc) is 1.45. The fourth-order valence-electron chi connectivity index (χ4n) is 19.5. The number of ether oxygens (including phenoxy) is 6. The van der Waals surface area contributed by atoms with Crippen LogP contribution in [0.4, 0.5) is 0 Å². The minimum absolute atomic E-state index is 0.591. The summed E-state index contributed by atoms with van der Waals surface area (Å²) in [7, 11) is 0. The molecule has 12 bridgehead atoms. The molecule has 0 fully saturated rings. The van der Waals surface area contributed by atoms with Crippen LogP contribution in [0.25, 0.3) is 0 Å². The van der Waals surface area contributed by atoms with Gasteiger partial charge in [-0.05, 0) is 178 Å². The molecule has 0 saturated heterocycles. The first kappa shape index (κ1) is 50.8. The van der Waals surface area contributed by atoms with E-state index in [0.717, 1.165) is 94.2 Å². The molecule has 0 amide bonds. The van der Waals surface area contributed by atoms with Crippen LogP contribution in [0.5, 0.6) is 0 Å². The molecule has 422 valence electrons. The van der Waals surface area contributed by atoms with Crippen LogP contribution in [0.3, 0.4) is 0 Å². The van der Waals surface area contributed by atoms with E-state index >= 15 is 0 Å². The van der Waals surface area contributed by atoms with Crippen molar-refractivity contribution in [3.8, 4) is 0 Å². The molecule has 6 aromatic carbocycles. The molecule has 0 aromatic heterocycles. The van der Waals surface area contributed by atoms with Crippen molar-refractivity contribution in [1.29, 1.82) is 0 Å². The summed E-state index contributed by atoms with van der Waals surface area (Å²) in [5.41, 5.74) is 4.55. The van der Waals surface area contributed by atoms with Crippen molar-refractivity contribution in [1.82, 2.24) is 0 Å². The van der Waals surface area contributed by atoms with Gasteiger partial charge in [-0.1, -0.05) is 224 Å². The van der Waals surface area contributed by atoms with E-state index in [-0.39, 0.29) is 0 Å². The smallest absolute Gasteiger partial charge is 0.153 e. The second-order valence-corrected chi connectivity index (χ2v) is 27.1. The summed E-state index contributed by atoms with van der Waals surface area (Å²) in [5, 5.41) is 0. The Bertz CT molecular complexity index is 3790. The number of benzene rings is 6. The summed E-state index contributed by atoms with van der Waals surface area (Å²) in [6.07, 6.45) is 39.5. The SMILES string of the molecule is CCCCCCCCC1=CC2(C34C=CC(C56C=CC(C)(O5)c5ccccc56)(O3)c3ccccc34)OC1(C13OC(C45C=CC(C67C=CC(C)(O6)c6ccccc67)(O4)c4ccccc45)(C=C1CCCCCCCC)c1ccccc13)c1ccccc12. The predicted molar refractivity (Wildman–Crippen MR) is 325 cm³/mol. The van der Waals surface area contributed by atoms with Gasteiger partial charge >= 0.3 is 0 Å². The Kier molecular flexibility index (Phi) is 10.1. The largest absolute Gasteiger partial charge is 0.347 e. The van der Waals surface area contributed by atoms with Crippen molar-refractivity contribution in [3.63, 3.8) is 0 Å². The van der Waals surface area contributed by atoms with Gasteiger partial charge in [-0.15, -0.1) is 0 Å². The van der Waals surface area contributed by atoms with E-state index < -0.39 is 67.2 Å². The molecule has 0 N–H and O–H groups in total. The highest BCUT2D eigenvalue weighted by Gasteiger charge is 2.86. The normalized spacial score (nSPS) is 38.9. The van der Waals surface area contributed by atoms with Crippen LogP contribution in [-0.4, -0.2) is 0 Å². The lowest BCUT2D eigenvalue weighted by molar-refractivity contribution is -0.290. The Balaban J connectivity index is 0.847. The van der Waals surface area contributed by atoms with E-state index in [4.69, 9.17) is 28.4 Å². The Morgan fingerprint density at radius 2 is 0.500 bits per heavy atom. The van der Waals surface area contributed by atoms with Gasteiger partial charge in [0.05, 0.1) is 0 Å². The average molecular weight is 1110 g/mol. The van der Waals surface area contributed by atoms with Crippen LogP contribution in [0.15, 0.2) is 217 Å². The summed E-state index contributed by atoms with van der Waals surface area (Å²) in [6.45, 7) is 9.02. The van der Waals surface area contributed by atoms with Gasteiger partial charge in [-0.25, -0.2) is 0 Å². The van der Waals surface area contributed by atoms with Crippen LogP contribution in [-0.2, 0) is 95.6 Å². The molecule has 0 spiro atoms. The van der Waals surface area contributed by atoms with E-state index in [9.17, 15) is 0 Å².